The van der Waals surface area contributed by atoms with Gasteiger partial charge in [-0.3, -0.25) is 0 Å². The minimum Gasteiger partial charge on any atom is -0.493 e. The fourth-order valence-electron chi connectivity index (χ4n) is 2.67. The molecule has 1 aromatic heterocycles. The molecule has 0 bridgehead atoms. The maximum atomic E-state index is 6.12. The molecule has 1 aliphatic rings. The van der Waals surface area contributed by atoms with Gasteiger partial charge in [-0.25, -0.2) is 0 Å². The van der Waals surface area contributed by atoms with Crippen LogP contribution < -0.4 is 14.2 Å². The van der Waals surface area contributed by atoms with Crippen molar-refractivity contribution in [3.05, 3.63) is 41.1 Å². The van der Waals surface area contributed by atoms with Gasteiger partial charge in [-0.2, -0.15) is 0 Å². The van der Waals surface area contributed by atoms with Crippen molar-refractivity contribution in [1.82, 2.24) is 5.16 Å². The Labute approximate surface area is 140 Å². The number of nitrogens with zero attached hydrogens (tertiary/aromatic N) is 1. The molecule has 0 saturated heterocycles. The molecule has 0 spiro atoms. The van der Waals surface area contributed by atoms with Crippen LogP contribution in [0.5, 0.6) is 23.0 Å². The van der Waals surface area contributed by atoms with E-state index in [1.165, 1.54) is 0 Å². The van der Waals surface area contributed by atoms with E-state index in [1.807, 2.05) is 24.3 Å². The predicted molar refractivity (Wildman–Crippen MR) is 88.3 cm³/mol. The summed E-state index contributed by atoms with van der Waals surface area (Å²) in [6, 6.07) is 9.48. The van der Waals surface area contributed by atoms with E-state index in [9.17, 15) is 0 Å². The SMILES string of the molecule is COc1cc2c(cc1OC)-c1nocc1-c1ccc(Br)cc1O2. The molecule has 2 aromatic carbocycles. The number of methoxy groups -OCH3 is 2. The molecule has 116 valence electrons. The quantitative estimate of drug-likeness (QED) is 0.500. The first-order valence-electron chi connectivity index (χ1n) is 6.90. The van der Waals surface area contributed by atoms with Crippen LogP contribution in [0.15, 0.2) is 45.6 Å². The third-order valence-electron chi connectivity index (χ3n) is 3.76. The van der Waals surface area contributed by atoms with Crippen molar-refractivity contribution in [3.63, 3.8) is 0 Å². The highest BCUT2D eigenvalue weighted by Gasteiger charge is 2.26. The zero-order valence-electron chi connectivity index (χ0n) is 12.4. The molecule has 5 nitrogen and oxygen atoms in total. The molecular formula is C17H12BrNO4. The number of halogens is 1. The maximum Gasteiger partial charge on any atom is 0.164 e. The second-order valence-electron chi connectivity index (χ2n) is 5.02. The molecule has 3 aromatic rings. The first-order valence-corrected chi connectivity index (χ1v) is 7.69. The summed E-state index contributed by atoms with van der Waals surface area (Å²) in [5.74, 6) is 2.55. The lowest BCUT2D eigenvalue weighted by molar-refractivity contribution is 0.352. The van der Waals surface area contributed by atoms with Gasteiger partial charge in [0.15, 0.2) is 11.5 Å². The lowest BCUT2D eigenvalue weighted by Crippen LogP contribution is -1.94. The van der Waals surface area contributed by atoms with Gasteiger partial charge in [0.05, 0.1) is 25.3 Å². The third kappa shape index (κ3) is 2.17. The largest absolute Gasteiger partial charge is 0.493 e. The minimum absolute atomic E-state index is 0.592. The fraction of sp³-hybridized carbons (Fsp3) is 0.118. The first kappa shape index (κ1) is 14.1. The Kier molecular flexibility index (Phi) is 3.27. The van der Waals surface area contributed by atoms with Crippen molar-refractivity contribution in [2.24, 2.45) is 0 Å². The van der Waals surface area contributed by atoms with E-state index >= 15 is 0 Å². The van der Waals surface area contributed by atoms with Crippen LogP contribution in [0.2, 0.25) is 0 Å². The Balaban J connectivity index is 2.03. The first-order chi connectivity index (χ1) is 11.2. The average molecular weight is 374 g/mol. The van der Waals surface area contributed by atoms with Gasteiger partial charge in [0.25, 0.3) is 0 Å². The van der Waals surface area contributed by atoms with E-state index in [0.717, 1.165) is 26.9 Å². The Morgan fingerprint density at radius 3 is 2.43 bits per heavy atom. The predicted octanol–water partition coefficient (Wildman–Crippen LogP) is 4.89. The lowest BCUT2D eigenvalue weighted by Gasteiger charge is -2.13. The molecule has 6 heteroatoms. The van der Waals surface area contributed by atoms with E-state index in [2.05, 4.69) is 21.1 Å². The molecule has 0 N–H and O–H groups in total. The van der Waals surface area contributed by atoms with Crippen LogP contribution >= 0.6 is 15.9 Å². The number of ether oxygens (including phenoxy) is 3. The molecule has 0 saturated carbocycles. The van der Waals surface area contributed by atoms with Crippen molar-refractivity contribution in [2.75, 3.05) is 14.2 Å². The summed E-state index contributed by atoms with van der Waals surface area (Å²) in [4.78, 5) is 0. The Hall–Kier alpha value is -2.47. The van der Waals surface area contributed by atoms with E-state index in [4.69, 9.17) is 18.7 Å². The van der Waals surface area contributed by atoms with E-state index in [1.54, 1.807) is 26.5 Å². The zero-order valence-corrected chi connectivity index (χ0v) is 14.0. The van der Waals surface area contributed by atoms with Crippen LogP contribution in [-0.4, -0.2) is 19.4 Å². The van der Waals surface area contributed by atoms with Crippen molar-refractivity contribution in [3.8, 4) is 45.4 Å². The minimum atomic E-state index is 0.592. The Morgan fingerprint density at radius 1 is 0.913 bits per heavy atom. The van der Waals surface area contributed by atoms with Crippen molar-refractivity contribution in [2.45, 2.75) is 0 Å². The highest BCUT2D eigenvalue weighted by atomic mass is 79.9. The van der Waals surface area contributed by atoms with Crippen LogP contribution in [0.3, 0.4) is 0 Å². The molecule has 1 aliphatic heterocycles. The van der Waals surface area contributed by atoms with Gasteiger partial charge in [0.2, 0.25) is 0 Å². The van der Waals surface area contributed by atoms with Crippen LogP contribution in [0.4, 0.5) is 0 Å². The van der Waals surface area contributed by atoms with Crippen LogP contribution in [0, 0.1) is 0 Å². The normalized spacial score (nSPS) is 11.6. The Bertz CT molecular complexity index is 904. The van der Waals surface area contributed by atoms with Crippen LogP contribution in [0.25, 0.3) is 22.4 Å². The number of rotatable bonds is 2. The average Bonchev–Trinajstić information content (AvgIpc) is 2.99. The molecule has 4 rings (SSSR count). The molecular weight excluding hydrogens is 362 g/mol. The maximum absolute atomic E-state index is 6.12. The summed E-state index contributed by atoms with van der Waals surface area (Å²) in [6.45, 7) is 0. The van der Waals surface area contributed by atoms with Gasteiger partial charge < -0.3 is 18.7 Å². The standard InChI is InChI=1S/C17H12BrNO4/c1-20-15-6-11-14(7-16(15)21-2)23-13-5-9(18)3-4-10(13)12-8-22-19-17(11)12/h3-8H,1-2H3. The summed E-state index contributed by atoms with van der Waals surface area (Å²) in [7, 11) is 3.18. The molecule has 0 atom stereocenters. The number of hydrogen-bond acceptors (Lipinski definition) is 5. The summed E-state index contributed by atoms with van der Waals surface area (Å²) in [6.07, 6.45) is 1.62. The van der Waals surface area contributed by atoms with E-state index < -0.39 is 0 Å². The zero-order chi connectivity index (χ0) is 16.0. The molecule has 0 aliphatic carbocycles. The monoisotopic (exact) mass is 373 g/mol. The van der Waals surface area contributed by atoms with E-state index in [-0.39, 0.29) is 0 Å². The summed E-state index contributed by atoms with van der Waals surface area (Å²) >= 11 is 3.47. The van der Waals surface area contributed by atoms with Gasteiger partial charge in [-0.05, 0) is 24.3 Å². The molecule has 2 heterocycles. The Morgan fingerprint density at radius 2 is 1.65 bits per heavy atom. The smallest absolute Gasteiger partial charge is 0.164 e. The third-order valence-corrected chi connectivity index (χ3v) is 4.26. The van der Waals surface area contributed by atoms with Gasteiger partial charge in [0.1, 0.15) is 23.5 Å². The lowest BCUT2D eigenvalue weighted by atomic mass is 10.0. The molecule has 0 unspecified atom stereocenters. The van der Waals surface area contributed by atoms with Crippen molar-refractivity contribution >= 4 is 15.9 Å². The van der Waals surface area contributed by atoms with Gasteiger partial charge in [-0.15, -0.1) is 0 Å². The second-order valence-corrected chi connectivity index (χ2v) is 5.94. The molecule has 0 amide bonds. The fourth-order valence-corrected chi connectivity index (χ4v) is 3.01. The number of fused-ring (bicyclic) bond motifs is 5. The van der Waals surface area contributed by atoms with E-state index in [0.29, 0.717) is 22.9 Å². The van der Waals surface area contributed by atoms with Crippen molar-refractivity contribution in [1.29, 1.82) is 0 Å². The van der Waals surface area contributed by atoms with Crippen LogP contribution in [-0.2, 0) is 0 Å². The van der Waals surface area contributed by atoms with Gasteiger partial charge >= 0.3 is 0 Å². The van der Waals surface area contributed by atoms with Crippen LogP contribution in [0.1, 0.15) is 0 Å². The van der Waals surface area contributed by atoms with Gasteiger partial charge in [0, 0.05) is 16.1 Å². The number of hydrogen-bond donors (Lipinski definition) is 0. The topological polar surface area (TPSA) is 53.7 Å². The highest BCUT2D eigenvalue weighted by Crippen LogP contribution is 2.49. The number of benzene rings is 2. The van der Waals surface area contributed by atoms with Crippen molar-refractivity contribution < 1.29 is 18.7 Å². The highest BCUT2D eigenvalue weighted by molar-refractivity contribution is 9.10. The second kappa shape index (κ2) is 5.31. The number of aromatic nitrogens is 1. The summed E-state index contributed by atoms with van der Waals surface area (Å²) in [5.41, 5.74) is 3.29. The molecule has 23 heavy (non-hydrogen) atoms. The summed E-state index contributed by atoms with van der Waals surface area (Å²) < 4.78 is 23.0. The molecule has 0 radical (unpaired) electrons. The summed E-state index contributed by atoms with van der Waals surface area (Å²) in [5, 5.41) is 4.15. The molecule has 0 fully saturated rings. The van der Waals surface area contributed by atoms with Gasteiger partial charge in [-0.1, -0.05) is 21.1 Å².